The van der Waals surface area contributed by atoms with Crippen molar-refractivity contribution in [3.8, 4) is 0 Å². The minimum absolute atomic E-state index is 0.0539. The molecular formula is C22H23NO. The topological polar surface area (TPSA) is 23.5 Å². The third kappa shape index (κ3) is 2.43. The Morgan fingerprint density at radius 3 is 2.46 bits per heavy atom. The van der Waals surface area contributed by atoms with Gasteiger partial charge in [-0.15, -0.1) is 0 Å². The van der Waals surface area contributed by atoms with Gasteiger partial charge in [-0.05, 0) is 41.4 Å². The highest BCUT2D eigenvalue weighted by atomic mass is 16.3. The molecule has 2 atom stereocenters. The van der Waals surface area contributed by atoms with Crippen molar-refractivity contribution in [2.45, 2.75) is 25.0 Å². The maximum atomic E-state index is 11.4. The summed E-state index contributed by atoms with van der Waals surface area (Å²) in [6.45, 7) is 3.73. The quantitative estimate of drug-likeness (QED) is 0.763. The van der Waals surface area contributed by atoms with E-state index in [0.29, 0.717) is 0 Å². The molecule has 0 aliphatic carbocycles. The standard InChI is InChI=1S/C22H23NO/c1-22(24,17-9-4-3-5-10-17)21-15-23(2)14-20-18-11-7-6-8-16(18)12-13-19(20)21/h3-13,21,24H,14-15H2,1-2H3. The molecule has 0 saturated heterocycles. The van der Waals surface area contributed by atoms with E-state index in [9.17, 15) is 5.11 Å². The summed E-state index contributed by atoms with van der Waals surface area (Å²) in [5, 5.41) is 14.0. The van der Waals surface area contributed by atoms with Crippen LogP contribution in [-0.2, 0) is 12.1 Å². The number of hydrogen-bond donors (Lipinski definition) is 1. The maximum Gasteiger partial charge on any atom is 0.0949 e. The number of aliphatic hydroxyl groups is 1. The van der Waals surface area contributed by atoms with E-state index in [2.05, 4.69) is 48.3 Å². The zero-order valence-corrected chi connectivity index (χ0v) is 14.2. The summed E-state index contributed by atoms with van der Waals surface area (Å²) < 4.78 is 0. The molecule has 0 saturated carbocycles. The molecule has 0 aromatic heterocycles. The Kier molecular flexibility index (Phi) is 3.67. The molecule has 0 bridgehead atoms. The molecular weight excluding hydrogens is 294 g/mol. The monoisotopic (exact) mass is 317 g/mol. The summed E-state index contributed by atoms with van der Waals surface area (Å²) in [6.07, 6.45) is 0. The molecule has 0 fully saturated rings. The van der Waals surface area contributed by atoms with Gasteiger partial charge in [0.15, 0.2) is 0 Å². The van der Waals surface area contributed by atoms with E-state index in [1.54, 1.807) is 0 Å². The van der Waals surface area contributed by atoms with Crippen molar-refractivity contribution < 1.29 is 5.11 Å². The summed E-state index contributed by atoms with van der Waals surface area (Å²) in [7, 11) is 2.14. The van der Waals surface area contributed by atoms with Gasteiger partial charge in [0.25, 0.3) is 0 Å². The van der Waals surface area contributed by atoms with Gasteiger partial charge in [-0.3, -0.25) is 0 Å². The van der Waals surface area contributed by atoms with Crippen LogP contribution in [0, 0.1) is 0 Å². The summed E-state index contributed by atoms with van der Waals surface area (Å²) in [5.74, 6) is 0.0539. The lowest BCUT2D eigenvalue weighted by Crippen LogP contribution is -2.41. The minimum atomic E-state index is -0.896. The third-order valence-electron chi connectivity index (χ3n) is 5.41. The minimum Gasteiger partial charge on any atom is -0.385 e. The van der Waals surface area contributed by atoms with Crippen molar-refractivity contribution in [3.63, 3.8) is 0 Å². The average molecular weight is 317 g/mol. The molecule has 2 heteroatoms. The second-order valence-electron chi connectivity index (χ2n) is 7.12. The molecule has 24 heavy (non-hydrogen) atoms. The van der Waals surface area contributed by atoms with Gasteiger partial charge in [0.2, 0.25) is 0 Å². The fourth-order valence-corrected chi connectivity index (χ4v) is 4.06. The second-order valence-corrected chi connectivity index (χ2v) is 7.12. The van der Waals surface area contributed by atoms with Crippen LogP contribution in [0.3, 0.4) is 0 Å². The van der Waals surface area contributed by atoms with Crippen LogP contribution in [-0.4, -0.2) is 23.6 Å². The number of fused-ring (bicyclic) bond motifs is 3. The first-order valence-corrected chi connectivity index (χ1v) is 8.54. The Hall–Kier alpha value is -2.16. The Labute approximate surface area is 143 Å². The molecule has 0 spiro atoms. The van der Waals surface area contributed by atoms with Crippen molar-refractivity contribution in [1.82, 2.24) is 4.90 Å². The highest BCUT2D eigenvalue weighted by Gasteiger charge is 2.39. The van der Waals surface area contributed by atoms with Crippen molar-refractivity contribution >= 4 is 10.8 Å². The van der Waals surface area contributed by atoms with E-state index >= 15 is 0 Å². The van der Waals surface area contributed by atoms with Gasteiger partial charge >= 0.3 is 0 Å². The van der Waals surface area contributed by atoms with E-state index in [1.807, 2.05) is 37.3 Å². The molecule has 0 radical (unpaired) electrons. The Balaban J connectivity index is 1.89. The van der Waals surface area contributed by atoms with Crippen LogP contribution in [0.25, 0.3) is 10.8 Å². The van der Waals surface area contributed by atoms with Gasteiger partial charge in [-0.2, -0.15) is 0 Å². The summed E-state index contributed by atoms with van der Waals surface area (Å²) in [4.78, 5) is 2.32. The molecule has 1 aliphatic heterocycles. The summed E-state index contributed by atoms with van der Waals surface area (Å²) in [6, 6.07) is 23.0. The first-order chi connectivity index (χ1) is 11.6. The highest BCUT2D eigenvalue weighted by molar-refractivity contribution is 5.87. The molecule has 2 nitrogen and oxygen atoms in total. The molecule has 2 unspecified atom stereocenters. The van der Waals surface area contributed by atoms with Crippen molar-refractivity contribution in [1.29, 1.82) is 0 Å². The molecule has 0 amide bonds. The van der Waals surface area contributed by atoms with Crippen molar-refractivity contribution in [2.75, 3.05) is 13.6 Å². The number of nitrogens with zero attached hydrogens (tertiary/aromatic N) is 1. The van der Waals surface area contributed by atoms with Gasteiger partial charge < -0.3 is 10.0 Å². The van der Waals surface area contributed by atoms with Crippen molar-refractivity contribution in [3.05, 3.63) is 83.4 Å². The van der Waals surface area contributed by atoms with Crippen LogP contribution in [0.1, 0.15) is 29.5 Å². The van der Waals surface area contributed by atoms with Gasteiger partial charge in [-0.25, -0.2) is 0 Å². The second kappa shape index (κ2) is 5.73. The fraction of sp³-hybridized carbons (Fsp3) is 0.273. The lowest BCUT2D eigenvalue weighted by atomic mass is 9.74. The van der Waals surface area contributed by atoms with E-state index in [1.165, 1.54) is 21.9 Å². The zero-order valence-electron chi connectivity index (χ0n) is 14.2. The van der Waals surface area contributed by atoms with Crippen LogP contribution >= 0.6 is 0 Å². The van der Waals surface area contributed by atoms with E-state index < -0.39 is 5.60 Å². The van der Waals surface area contributed by atoms with E-state index in [0.717, 1.165) is 18.7 Å². The number of rotatable bonds is 2. The Bertz CT molecular complexity index is 870. The van der Waals surface area contributed by atoms with Gasteiger partial charge in [0.05, 0.1) is 5.60 Å². The lowest BCUT2D eigenvalue weighted by molar-refractivity contribution is 0.00999. The molecule has 3 aromatic rings. The van der Waals surface area contributed by atoms with Gasteiger partial charge in [-0.1, -0.05) is 66.7 Å². The van der Waals surface area contributed by atoms with Gasteiger partial charge in [0, 0.05) is 19.0 Å². The summed E-state index contributed by atoms with van der Waals surface area (Å²) in [5.41, 5.74) is 2.71. The fourth-order valence-electron chi connectivity index (χ4n) is 4.06. The SMILES string of the molecule is CN1Cc2c(ccc3ccccc23)C(C(C)(O)c2ccccc2)C1. The Morgan fingerprint density at radius 1 is 0.958 bits per heavy atom. The van der Waals surface area contributed by atoms with Gasteiger partial charge in [0.1, 0.15) is 0 Å². The molecule has 1 N–H and O–H groups in total. The molecule has 1 aliphatic rings. The third-order valence-corrected chi connectivity index (χ3v) is 5.41. The maximum absolute atomic E-state index is 11.4. The molecule has 1 heterocycles. The number of likely N-dealkylation sites (N-methyl/N-ethyl adjacent to an activating group) is 1. The van der Waals surface area contributed by atoms with Crippen LogP contribution < -0.4 is 0 Å². The Morgan fingerprint density at radius 2 is 1.67 bits per heavy atom. The van der Waals surface area contributed by atoms with E-state index in [4.69, 9.17) is 0 Å². The molecule has 3 aromatic carbocycles. The number of hydrogen-bond acceptors (Lipinski definition) is 2. The largest absolute Gasteiger partial charge is 0.385 e. The van der Waals surface area contributed by atoms with Crippen LogP contribution in [0.5, 0.6) is 0 Å². The van der Waals surface area contributed by atoms with Crippen LogP contribution in [0.15, 0.2) is 66.7 Å². The van der Waals surface area contributed by atoms with Crippen molar-refractivity contribution in [2.24, 2.45) is 0 Å². The predicted octanol–water partition coefficient (Wildman–Crippen LogP) is 4.28. The molecule has 122 valence electrons. The molecule has 4 rings (SSSR count). The first-order valence-electron chi connectivity index (χ1n) is 8.54. The van der Waals surface area contributed by atoms with E-state index in [-0.39, 0.29) is 5.92 Å². The highest BCUT2D eigenvalue weighted by Crippen LogP contribution is 2.43. The summed E-state index contributed by atoms with van der Waals surface area (Å²) >= 11 is 0. The zero-order chi connectivity index (χ0) is 16.7. The smallest absolute Gasteiger partial charge is 0.0949 e. The first kappa shape index (κ1) is 15.4. The average Bonchev–Trinajstić information content (AvgIpc) is 2.61. The lowest BCUT2D eigenvalue weighted by Gasteiger charge is -2.41. The van der Waals surface area contributed by atoms with Crippen LogP contribution in [0.2, 0.25) is 0 Å². The normalized spacial score (nSPS) is 20.5. The van der Waals surface area contributed by atoms with Crippen LogP contribution in [0.4, 0.5) is 0 Å². The number of benzene rings is 3. The predicted molar refractivity (Wildman–Crippen MR) is 99.0 cm³/mol.